The number of hydrogen-bond acceptors (Lipinski definition) is 4. The Morgan fingerprint density at radius 3 is 2.58 bits per heavy atom. The molecule has 0 unspecified atom stereocenters. The number of hydrogen-bond donors (Lipinski definition) is 2. The van der Waals surface area contributed by atoms with Gasteiger partial charge in [-0.05, 0) is 48.9 Å². The van der Waals surface area contributed by atoms with E-state index in [1.54, 1.807) is 36.5 Å². The lowest BCUT2D eigenvalue weighted by Crippen LogP contribution is -2.18. The van der Waals surface area contributed by atoms with Gasteiger partial charge in [0.2, 0.25) is 5.91 Å². The highest BCUT2D eigenvalue weighted by atomic mass is 35.5. The lowest BCUT2D eigenvalue weighted by atomic mass is 10.1. The first-order valence-electron chi connectivity index (χ1n) is 10.5. The summed E-state index contributed by atoms with van der Waals surface area (Å²) in [5.41, 5.74) is 3.30. The summed E-state index contributed by atoms with van der Waals surface area (Å²) in [6.45, 7) is 1.95. The van der Waals surface area contributed by atoms with Gasteiger partial charge < -0.3 is 15.1 Å². The van der Waals surface area contributed by atoms with Crippen LogP contribution in [0.2, 0.25) is 5.02 Å². The van der Waals surface area contributed by atoms with Crippen molar-refractivity contribution < 1.29 is 14.0 Å². The van der Waals surface area contributed by atoms with Gasteiger partial charge in [-0.25, -0.2) is 4.98 Å². The second-order valence-corrected chi connectivity index (χ2v) is 7.92. The maximum Gasteiger partial charge on any atom is 0.257 e. The molecule has 0 atom stereocenters. The number of nitrogens with one attached hydrogen (secondary N) is 2. The molecule has 0 saturated heterocycles. The number of carbonyl (C=O) groups excluding carboxylic acids is 2. The summed E-state index contributed by atoms with van der Waals surface area (Å²) in [5.74, 6) is 0.441. The first-order valence-corrected chi connectivity index (χ1v) is 10.8. The molecular formula is C26H22ClN3O3. The highest BCUT2D eigenvalue weighted by molar-refractivity contribution is 6.33. The molecule has 0 spiro atoms. The average Bonchev–Trinajstić information content (AvgIpc) is 3.27. The fourth-order valence-corrected chi connectivity index (χ4v) is 3.58. The minimum atomic E-state index is -0.298. The van der Waals surface area contributed by atoms with Gasteiger partial charge in [-0.15, -0.1) is 0 Å². The SMILES string of the molecule is Cc1cccc(NC(=O)c2ccccc2NC(=O)CCc2ncc(-c3ccccc3Cl)o2)c1. The van der Waals surface area contributed by atoms with Crippen LogP contribution in [0, 0.1) is 6.92 Å². The fourth-order valence-electron chi connectivity index (χ4n) is 3.36. The van der Waals surface area contributed by atoms with Crippen LogP contribution in [0.1, 0.15) is 28.2 Å². The van der Waals surface area contributed by atoms with Crippen LogP contribution >= 0.6 is 11.6 Å². The number of aryl methyl sites for hydroxylation is 2. The largest absolute Gasteiger partial charge is 0.441 e. The minimum absolute atomic E-state index is 0.149. The van der Waals surface area contributed by atoms with E-state index in [2.05, 4.69) is 15.6 Å². The molecule has 0 saturated carbocycles. The molecule has 1 heterocycles. The number of para-hydroxylation sites is 1. The van der Waals surface area contributed by atoms with Crippen LogP contribution < -0.4 is 10.6 Å². The molecule has 0 radical (unpaired) electrons. The summed E-state index contributed by atoms with van der Waals surface area (Å²) in [6, 6.07) is 21.7. The van der Waals surface area contributed by atoms with Crippen molar-refractivity contribution in [3.05, 3.63) is 101 Å². The smallest absolute Gasteiger partial charge is 0.257 e. The van der Waals surface area contributed by atoms with Gasteiger partial charge in [0.1, 0.15) is 0 Å². The van der Waals surface area contributed by atoms with Crippen LogP contribution in [0.5, 0.6) is 0 Å². The highest BCUT2D eigenvalue weighted by Crippen LogP contribution is 2.28. The number of nitrogens with zero attached hydrogens (tertiary/aromatic N) is 1. The maximum atomic E-state index is 12.8. The number of aromatic nitrogens is 1. The molecule has 0 bridgehead atoms. The van der Waals surface area contributed by atoms with Crippen LogP contribution in [0.15, 0.2) is 83.4 Å². The molecule has 0 aliphatic rings. The normalized spacial score (nSPS) is 10.6. The number of oxazole rings is 1. The summed E-state index contributed by atoms with van der Waals surface area (Å²) in [5, 5.41) is 6.25. The highest BCUT2D eigenvalue weighted by Gasteiger charge is 2.15. The summed E-state index contributed by atoms with van der Waals surface area (Å²) in [6.07, 6.45) is 2.06. The zero-order valence-corrected chi connectivity index (χ0v) is 18.7. The van der Waals surface area contributed by atoms with Crippen LogP contribution in [-0.2, 0) is 11.2 Å². The van der Waals surface area contributed by atoms with Gasteiger partial charge >= 0.3 is 0 Å². The summed E-state index contributed by atoms with van der Waals surface area (Å²) in [7, 11) is 0. The van der Waals surface area contributed by atoms with Gasteiger partial charge in [0, 0.05) is 24.1 Å². The number of rotatable bonds is 7. The Labute approximate surface area is 196 Å². The summed E-state index contributed by atoms with van der Waals surface area (Å²) < 4.78 is 5.75. The Balaban J connectivity index is 1.38. The van der Waals surface area contributed by atoms with E-state index in [1.807, 2.05) is 49.4 Å². The van der Waals surface area contributed by atoms with E-state index >= 15 is 0 Å². The van der Waals surface area contributed by atoms with E-state index in [9.17, 15) is 9.59 Å². The Morgan fingerprint density at radius 2 is 1.76 bits per heavy atom. The van der Waals surface area contributed by atoms with Crippen molar-refractivity contribution in [3.8, 4) is 11.3 Å². The molecule has 3 aromatic carbocycles. The predicted octanol–water partition coefficient (Wildman–Crippen LogP) is 6.13. The van der Waals surface area contributed by atoms with Crippen molar-refractivity contribution in [2.75, 3.05) is 10.6 Å². The fraction of sp³-hybridized carbons (Fsp3) is 0.115. The Hall–Kier alpha value is -3.90. The monoisotopic (exact) mass is 459 g/mol. The van der Waals surface area contributed by atoms with Crippen molar-refractivity contribution in [1.29, 1.82) is 0 Å². The average molecular weight is 460 g/mol. The van der Waals surface area contributed by atoms with Gasteiger partial charge in [0.05, 0.1) is 22.5 Å². The van der Waals surface area contributed by atoms with E-state index in [-0.39, 0.29) is 18.2 Å². The van der Waals surface area contributed by atoms with Gasteiger partial charge in [-0.2, -0.15) is 0 Å². The molecule has 4 rings (SSSR count). The molecule has 4 aromatic rings. The van der Waals surface area contributed by atoms with Gasteiger partial charge in [-0.3, -0.25) is 9.59 Å². The maximum absolute atomic E-state index is 12.8. The van der Waals surface area contributed by atoms with Gasteiger partial charge in [0.15, 0.2) is 11.7 Å². The van der Waals surface area contributed by atoms with E-state index in [0.29, 0.717) is 40.0 Å². The molecule has 0 aliphatic carbocycles. The van der Waals surface area contributed by atoms with Crippen molar-refractivity contribution in [3.63, 3.8) is 0 Å². The Bertz CT molecular complexity index is 1300. The standard InChI is InChI=1S/C26H22ClN3O3/c1-17-7-6-8-18(15-17)29-26(32)20-10-3-5-12-22(20)30-24(31)13-14-25-28-16-23(33-25)19-9-2-4-11-21(19)27/h2-12,15-16H,13-14H2,1H3,(H,29,32)(H,30,31). The summed E-state index contributed by atoms with van der Waals surface area (Å²) >= 11 is 6.20. The molecule has 2 amide bonds. The Morgan fingerprint density at radius 1 is 0.970 bits per heavy atom. The number of halogens is 1. The van der Waals surface area contributed by atoms with Gasteiger partial charge in [-0.1, -0.05) is 48.0 Å². The van der Waals surface area contributed by atoms with Crippen molar-refractivity contribution in [1.82, 2.24) is 4.98 Å². The second-order valence-electron chi connectivity index (χ2n) is 7.52. The van der Waals surface area contributed by atoms with Gasteiger partial charge in [0.25, 0.3) is 5.91 Å². The minimum Gasteiger partial charge on any atom is -0.441 e. The second kappa shape index (κ2) is 10.1. The molecule has 1 aromatic heterocycles. The first-order chi connectivity index (χ1) is 16.0. The third-order valence-corrected chi connectivity index (χ3v) is 5.31. The molecule has 6 nitrogen and oxygen atoms in total. The van der Waals surface area contributed by atoms with E-state index in [0.717, 1.165) is 11.1 Å². The molecule has 166 valence electrons. The lowest BCUT2D eigenvalue weighted by molar-refractivity contribution is -0.116. The molecule has 33 heavy (non-hydrogen) atoms. The number of carbonyl (C=O) groups is 2. The predicted molar refractivity (Wildman–Crippen MR) is 129 cm³/mol. The van der Waals surface area contributed by atoms with Crippen molar-refractivity contribution in [2.45, 2.75) is 19.8 Å². The zero-order chi connectivity index (χ0) is 23.2. The van der Waals surface area contributed by atoms with Crippen LogP contribution in [0.3, 0.4) is 0 Å². The third-order valence-electron chi connectivity index (χ3n) is 4.98. The number of amides is 2. The lowest BCUT2D eigenvalue weighted by Gasteiger charge is -2.11. The van der Waals surface area contributed by atoms with Crippen molar-refractivity contribution >= 4 is 34.8 Å². The quantitative estimate of drug-likeness (QED) is 0.348. The van der Waals surface area contributed by atoms with Crippen LogP contribution in [0.25, 0.3) is 11.3 Å². The topological polar surface area (TPSA) is 84.2 Å². The molecule has 2 N–H and O–H groups in total. The van der Waals surface area contributed by atoms with Crippen molar-refractivity contribution in [2.24, 2.45) is 0 Å². The molecular weight excluding hydrogens is 438 g/mol. The van der Waals surface area contributed by atoms with Crippen LogP contribution in [0.4, 0.5) is 11.4 Å². The first kappa shape index (κ1) is 22.3. The zero-order valence-electron chi connectivity index (χ0n) is 18.0. The van der Waals surface area contributed by atoms with Crippen LogP contribution in [-0.4, -0.2) is 16.8 Å². The van der Waals surface area contributed by atoms with E-state index < -0.39 is 0 Å². The third kappa shape index (κ3) is 5.67. The Kier molecular flexibility index (Phi) is 6.86. The summed E-state index contributed by atoms with van der Waals surface area (Å²) in [4.78, 5) is 29.6. The molecule has 0 fully saturated rings. The van der Waals surface area contributed by atoms with E-state index in [4.69, 9.17) is 16.0 Å². The number of anilines is 2. The number of benzene rings is 3. The molecule has 7 heteroatoms. The molecule has 0 aliphatic heterocycles. The van der Waals surface area contributed by atoms with E-state index in [1.165, 1.54) is 0 Å².